The molecule has 2 heterocycles. The topological polar surface area (TPSA) is 50.2 Å². The second kappa shape index (κ2) is 7.04. The molecule has 1 N–H and O–H groups in total. The molecule has 0 spiro atoms. The zero-order chi connectivity index (χ0) is 16.2. The number of benzene rings is 1. The number of piperidine rings is 1. The zero-order valence-corrected chi connectivity index (χ0v) is 14.0. The van der Waals surface area contributed by atoms with Crippen molar-refractivity contribution in [3.05, 3.63) is 47.2 Å². The van der Waals surface area contributed by atoms with Gasteiger partial charge in [-0.2, -0.15) is 5.10 Å². The smallest absolute Gasteiger partial charge is 0.224 e. The van der Waals surface area contributed by atoms with Crippen LogP contribution in [0.25, 0.3) is 0 Å². The first-order valence-corrected chi connectivity index (χ1v) is 8.26. The summed E-state index contributed by atoms with van der Waals surface area (Å²) in [6.45, 7) is 1.82. The van der Waals surface area contributed by atoms with Crippen molar-refractivity contribution in [3.8, 4) is 0 Å². The summed E-state index contributed by atoms with van der Waals surface area (Å²) in [5.41, 5.74) is 1.98. The minimum absolute atomic E-state index is 0.0242. The molecule has 0 bridgehead atoms. The summed E-state index contributed by atoms with van der Waals surface area (Å²) >= 11 is 6.12. The molecular weight excluding hydrogens is 312 g/mol. The molecular formula is C17H21ClN4O. The van der Waals surface area contributed by atoms with Crippen LogP contribution in [0.5, 0.6) is 0 Å². The van der Waals surface area contributed by atoms with E-state index in [2.05, 4.69) is 15.3 Å². The molecule has 0 saturated carbocycles. The standard InChI is InChI=1S/C17H21ClN4O/c1-21-12-15(10-19-21)22-8-4-6-14(11-22)20-17(23)9-13-5-2-3-7-16(13)18/h2-3,5,7,10,12,14H,4,6,8-9,11H2,1H3,(H,20,23)/t14-/m0/s1. The zero-order valence-electron chi connectivity index (χ0n) is 13.2. The third kappa shape index (κ3) is 4.05. The van der Waals surface area contributed by atoms with Crippen LogP contribution in [0.1, 0.15) is 18.4 Å². The lowest BCUT2D eigenvalue weighted by Gasteiger charge is -2.33. The Morgan fingerprint density at radius 2 is 2.26 bits per heavy atom. The van der Waals surface area contributed by atoms with E-state index in [4.69, 9.17) is 11.6 Å². The average Bonchev–Trinajstić information content (AvgIpc) is 2.96. The fraction of sp³-hybridized carbons (Fsp3) is 0.412. The van der Waals surface area contributed by atoms with Crippen molar-refractivity contribution in [2.24, 2.45) is 7.05 Å². The molecule has 3 rings (SSSR count). The van der Waals surface area contributed by atoms with Gasteiger partial charge in [0.25, 0.3) is 0 Å². The van der Waals surface area contributed by atoms with Gasteiger partial charge in [0.2, 0.25) is 5.91 Å². The van der Waals surface area contributed by atoms with Crippen molar-refractivity contribution in [2.75, 3.05) is 18.0 Å². The minimum Gasteiger partial charge on any atom is -0.367 e. The molecule has 5 nitrogen and oxygen atoms in total. The number of nitrogens with zero attached hydrogens (tertiary/aromatic N) is 3. The fourth-order valence-corrected chi connectivity index (χ4v) is 3.20. The Morgan fingerprint density at radius 1 is 1.43 bits per heavy atom. The molecule has 1 aromatic heterocycles. The monoisotopic (exact) mass is 332 g/mol. The lowest BCUT2D eigenvalue weighted by molar-refractivity contribution is -0.121. The largest absolute Gasteiger partial charge is 0.367 e. The molecule has 23 heavy (non-hydrogen) atoms. The van der Waals surface area contributed by atoms with Crippen molar-refractivity contribution in [2.45, 2.75) is 25.3 Å². The first kappa shape index (κ1) is 15.9. The maximum absolute atomic E-state index is 12.3. The van der Waals surface area contributed by atoms with Gasteiger partial charge >= 0.3 is 0 Å². The number of halogens is 1. The summed E-state index contributed by atoms with van der Waals surface area (Å²) in [6, 6.07) is 7.65. The Bertz CT molecular complexity index is 685. The van der Waals surface area contributed by atoms with Gasteiger partial charge in [-0.25, -0.2) is 0 Å². The highest BCUT2D eigenvalue weighted by Gasteiger charge is 2.22. The normalized spacial score (nSPS) is 18.0. The van der Waals surface area contributed by atoms with Crippen molar-refractivity contribution >= 4 is 23.2 Å². The molecule has 6 heteroatoms. The Hall–Kier alpha value is -2.01. The van der Waals surface area contributed by atoms with Gasteiger partial charge in [0.05, 0.1) is 18.3 Å². The maximum atomic E-state index is 12.3. The van der Waals surface area contributed by atoms with E-state index in [1.165, 1.54) is 0 Å². The highest BCUT2D eigenvalue weighted by Crippen LogP contribution is 2.19. The molecule has 1 amide bonds. The highest BCUT2D eigenvalue weighted by atomic mass is 35.5. The first-order valence-electron chi connectivity index (χ1n) is 7.88. The van der Waals surface area contributed by atoms with E-state index in [-0.39, 0.29) is 11.9 Å². The van der Waals surface area contributed by atoms with Crippen LogP contribution in [0.2, 0.25) is 5.02 Å². The number of hydrogen-bond acceptors (Lipinski definition) is 3. The maximum Gasteiger partial charge on any atom is 0.224 e. The summed E-state index contributed by atoms with van der Waals surface area (Å²) < 4.78 is 1.80. The van der Waals surface area contributed by atoms with Gasteiger partial charge in [-0.3, -0.25) is 9.48 Å². The summed E-state index contributed by atoms with van der Waals surface area (Å²) in [5, 5.41) is 7.99. The molecule has 1 saturated heterocycles. The van der Waals surface area contributed by atoms with Crippen LogP contribution in [0, 0.1) is 0 Å². The molecule has 2 aromatic rings. The summed E-state index contributed by atoms with van der Waals surface area (Å²) in [7, 11) is 1.91. The van der Waals surface area contributed by atoms with Crippen molar-refractivity contribution in [3.63, 3.8) is 0 Å². The molecule has 0 aliphatic carbocycles. The molecule has 1 aliphatic rings. The van der Waals surface area contributed by atoms with E-state index in [1.54, 1.807) is 4.68 Å². The number of carbonyl (C=O) groups is 1. The fourth-order valence-electron chi connectivity index (χ4n) is 2.99. The minimum atomic E-state index is 0.0242. The van der Waals surface area contributed by atoms with Gasteiger partial charge in [0.15, 0.2) is 0 Å². The van der Waals surface area contributed by atoms with E-state index in [0.29, 0.717) is 11.4 Å². The van der Waals surface area contributed by atoms with Crippen LogP contribution in [0.15, 0.2) is 36.7 Å². The van der Waals surface area contributed by atoms with Crippen molar-refractivity contribution in [1.82, 2.24) is 15.1 Å². The Labute approximate surface area is 141 Å². The van der Waals surface area contributed by atoms with E-state index in [9.17, 15) is 4.79 Å². The molecule has 122 valence electrons. The second-order valence-electron chi connectivity index (χ2n) is 5.99. The molecule has 1 fully saturated rings. The predicted octanol–water partition coefficient (Wildman–Crippen LogP) is 2.40. The van der Waals surface area contributed by atoms with Crippen LogP contribution < -0.4 is 10.2 Å². The summed E-state index contributed by atoms with van der Waals surface area (Å²) in [5.74, 6) is 0.0242. The number of nitrogens with one attached hydrogen (secondary N) is 1. The van der Waals surface area contributed by atoms with Gasteiger partial charge < -0.3 is 10.2 Å². The SMILES string of the molecule is Cn1cc(N2CCC[C@H](NC(=O)Cc3ccccc3Cl)C2)cn1. The number of aryl methyl sites for hydroxylation is 1. The van der Waals surface area contributed by atoms with Gasteiger partial charge in [-0.1, -0.05) is 29.8 Å². The Kier molecular flexibility index (Phi) is 4.86. The van der Waals surface area contributed by atoms with E-state index in [0.717, 1.165) is 37.2 Å². The van der Waals surface area contributed by atoms with Crippen molar-refractivity contribution in [1.29, 1.82) is 0 Å². The summed E-state index contributed by atoms with van der Waals surface area (Å²) in [6.07, 6.45) is 6.27. The van der Waals surface area contributed by atoms with E-state index >= 15 is 0 Å². The molecule has 1 aliphatic heterocycles. The van der Waals surface area contributed by atoms with Gasteiger partial charge in [-0.05, 0) is 24.5 Å². The number of hydrogen-bond donors (Lipinski definition) is 1. The van der Waals surface area contributed by atoms with Gasteiger partial charge in [0.1, 0.15) is 0 Å². The Morgan fingerprint density at radius 3 is 3.00 bits per heavy atom. The number of aromatic nitrogens is 2. The van der Waals surface area contributed by atoms with Crippen LogP contribution in [0.3, 0.4) is 0 Å². The lowest BCUT2D eigenvalue weighted by atomic mass is 10.0. The van der Waals surface area contributed by atoms with Gasteiger partial charge in [0, 0.05) is 37.4 Å². The third-order valence-electron chi connectivity index (χ3n) is 4.15. The van der Waals surface area contributed by atoms with Crippen LogP contribution in [-0.2, 0) is 18.3 Å². The van der Waals surface area contributed by atoms with E-state index in [1.807, 2.05) is 43.7 Å². The van der Waals surface area contributed by atoms with Crippen molar-refractivity contribution < 1.29 is 4.79 Å². The van der Waals surface area contributed by atoms with Crippen LogP contribution in [-0.4, -0.2) is 34.8 Å². The molecule has 1 atom stereocenters. The Balaban J connectivity index is 1.57. The first-order chi connectivity index (χ1) is 11.1. The number of anilines is 1. The number of carbonyl (C=O) groups excluding carboxylic acids is 1. The molecule has 1 aromatic carbocycles. The third-order valence-corrected chi connectivity index (χ3v) is 4.52. The van der Waals surface area contributed by atoms with E-state index < -0.39 is 0 Å². The average molecular weight is 333 g/mol. The predicted molar refractivity (Wildman–Crippen MR) is 91.7 cm³/mol. The lowest BCUT2D eigenvalue weighted by Crippen LogP contribution is -2.48. The van der Waals surface area contributed by atoms with Gasteiger partial charge in [-0.15, -0.1) is 0 Å². The van der Waals surface area contributed by atoms with Crippen LogP contribution in [0.4, 0.5) is 5.69 Å². The number of amides is 1. The molecule has 0 radical (unpaired) electrons. The summed E-state index contributed by atoms with van der Waals surface area (Å²) in [4.78, 5) is 14.6. The molecule has 0 unspecified atom stereocenters. The number of rotatable bonds is 4. The van der Waals surface area contributed by atoms with Crippen LogP contribution >= 0.6 is 11.6 Å². The quantitative estimate of drug-likeness (QED) is 0.935. The highest BCUT2D eigenvalue weighted by molar-refractivity contribution is 6.31. The second-order valence-corrected chi connectivity index (χ2v) is 6.40.